The summed E-state index contributed by atoms with van der Waals surface area (Å²) >= 11 is 3.43. The van der Waals surface area contributed by atoms with Crippen LogP contribution in [0, 0.1) is 11.8 Å². The number of rotatable bonds is 7. The van der Waals surface area contributed by atoms with Gasteiger partial charge in [0.05, 0.1) is 22.9 Å². The van der Waals surface area contributed by atoms with Crippen LogP contribution >= 0.6 is 15.9 Å². The molecule has 8 nitrogen and oxygen atoms in total. The smallest absolute Gasteiger partial charge is 0.318 e. The van der Waals surface area contributed by atoms with E-state index in [1.165, 1.54) is 4.90 Å². The van der Waals surface area contributed by atoms with Gasteiger partial charge in [0.1, 0.15) is 0 Å². The van der Waals surface area contributed by atoms with Gasteiger partial charge >= 0.3 is 11.8 Å². The van der Waals surface area contributed by atoms with E-state index in [-0.39, 0.29) is 17.7 Å². The summed E-state index contributed by atoms with van der Waals surface area (Å²) in [4.78, 5) is 55.7. The van der Waals surface area contributed by atoms with Gasteiger partial charge in [0.2, 0.25) is 11.8 Å². The molecule has 2 atom stereocenters. The normalized spacial score (nSPS) is 22.4. The van der Waals surface area contributed by atoms with Gasteiger partial charge in [-0.05, 0) is 77.1 Å². The number of carbonyl (C=O) groups is 4. The Labute approximate surface area is 275 Å². The number of benzene rings is 4. The van der Waals surface area contributed by atoms with Gasteiger partial charge in [0.25, 0.3) is 0 Å². The summed E-state index contributed by atoms with van der Waals surface area (Å²) in [6.07, 6.45) is 4.66. The van der Waals surface area contributed by atoms with Gasteiger partial charge in [0, 0.05) is 22.3 Å². The molecule has 1 fully saturated rings. The van der Waals surface area contributed by atoms with Crippen LogP contribution in [0.4, 0.5) is 11.4 Å². The first-order valence-corrected chi connectivity index (χ1v) is 16.2. The van der Waals surface area contributed by atoms with Gasteiger partial charge in [-0.1, -0.05) is 89.9 Å². The lowest BCUT2D eigenvalue weighted by Gasteiger charge is -2.52. The lowest BCUT2D eigenvalue weighted by Crippen LogP contribution is -2.54. The van der Waals surface area contributed by atoms with Crippen LogP contribution in [0.1, 0.15) is 53.5 Å². The highest BCUT2D eigenvalue weighted by atomic mass is 79.9. The molecule has 0 aromatic heterocycles. The standard InChI is InChI=1S/C37H31BrN4O4/c1-2-3-8-22-13-17-24(18-14-22)40-33(43)34(44)41-39-21-37-28-11-6-4-9-26(28)30(27-10-5-7-12-29(27)37)31-32(37)36(46)42(35(31)45)25-19-15-23(38)16-20-25/h4-7,9-21,30-32H,2-3,8H2,1H3,(H,40,43)(H,41,44)/b39-21-/t30?,31-,32+,37?/m1/s1. The minimum Gasteiger partial charge on any atom is -0.318 e. The van der Waals surface area contributed by atoms with Gasteiger partial charge in [-0.2, -0.15) is 5.10 Å². The number of imide groups is 1. The van der Waals surface area contributed by atoms with Crippen LogP contribution in [0.5, 0.6) is 0 Å². The highest BCUT2D eigenvalue weighted by molar-refractivity contribution is 9.10. The lowest BCUT2D eigenvalue weighted by atomic mass is 9.47. The molecule has 230 valence electrons. The van der Waals surface area contributed by atoms with Crippen molar-refractivity contribution in [3.8, 4) is 0 Å². The molecule has 8 rings (SSSR count). The molecule has 3 aliphatic carbocycles. The Morgan fingerprint density at radius 1 is 0.848 bits per heavy atom. The molecule has 0 spiro atoms. The maximum atomic E-state index is 14.4. The number of aryl methyl sites for hydroxylation is 1. The van der Waals surface area contributed by atoms with Crippen molar-refractivity contribution in [1.82, 2.24) is 5.43 Å². The maximum absolute atomic E-state index is 14.4. The van der Waals surface area contributed by atoms with E-state index >= 15 is 0 Å². The molecule has 9 heteroatoms. The number of anilines is 2. The predicted octanol–water partition coefficient (Wildman–Crippen LogP) is 6.08. The van der Waals surface area contributed by atoms with Crippen LogP contribution in [0.3, 0.4) is 0 Å². The predicted molar refractivity (Wildman–Crippen MR) is 179 cm³/mol. The number of carbonyl (C=O) groups excluding carboxylic acids is 4. The van der Waals surface area contributed by atoms with E-state index in [1.54, 1.807) is 42.6 Å². The first-order valence-electron chi connectivity index (χ1n) is 15.4. The lowest BCUT2D eigenvalue weighted by molar-refractivity contribution is -0.136. The van der Waals surface area contributed by atoms with Crippen molar-refractivity contribution in [1.29, 1.82) is 0 Å². The van der Waals surface area contributed by atoms with Crippen molar-refractivity contribution >= 4 is 57.1 Å². The van der Waals surface area contributed by atoms with Gasteiger partial charge in [0.15, 0.2) is 0 Å². The van der Waals surface area contributed by atoms with E-state index in [1.807, 2.05) is 60.7 Å². The second-order valence-electron chi connectivity index (χ2n) is 12.0. The van der Waals surface area contributed by atoms with Crippen molar-refractivity contribution in [2.24, 2.45) is 16.9 Å². The Kier molecular flexibility index (Phi) is 7.64. The molecule has 46 heavy (non-hydrogen) atoms. The summed E-state index contributed by atoms with van der Waals surface area (Å²) in [6, 6.07) is 30.1. The molecule has 2 N–H and O–H groups in total. The van der Waals surface area contributed by atoms with E-state index in [2.05, 4.69) is 38.7 Å². The third-order valence-electron chi connectivity index (χ3n) is 9.44. The summed E-state index contributed by atoms with van der Waals surface area (Å²) in [5.41, 5.74) is 6.97. The van der Waals surface area contributed by atoms with Crippen LogP contribution in [0.25, 0.3) is 0 Å². The fraction of sp³-hybridized carbons (Fsp3) is 0.216. The number of nitrogens with one attached hydrogen (secondary N) is 2. The van der Waals surface area contributed by atoms with Gasteiger partial charge in [-0.25, -0.2) is 10.3 Å². The van der Waals surface area contributed by atoms with Crippen molar-refractivity contribution in [3.63, 3.8) is 0 Å². The second kappa shape index (κ2) is 11.8. The quantitative estimate of drug-likeness (QED) is 0.107. The van der Waals surface area contributed by atoms with E-state index < -0.39 is 29.1 Å². The van der Waals surface area contributed by atoms with Crippen LogP contribution in [0.2, 0.25) is 0 Å². The molecule has 4 aromatic rings. The van der Waals surface area contributed by atoms with Crippen molar-refractivity contribution in [3.05, 3.63) is 129 Å². The van der Waals surface area contributed by atoms with Crippen LogP contribution in [-0.2, 0) is 31.0 Å². The molecular formula is C37H31BrN4O4. The summed E-state index contributed by atoms with van der Waals surface area (Å²) in [7, 11) is 0. The van der Waals surface area contributed by atoms with E-state index in [4.69, 9.17) is 0 Å². The third kappa shape index (κ3) is 4.69. The summed E-state index contributed by atoms with van der Waals surface area (Å²) in [6.45, 7) is 2.13. The minimum atomic E-state index is -1.17. The first-order chi connectivity index (χ1) is 22.3. The van der Waals surface area contributed by atoms with Gasteiger partial charge in [-0.3, -0.25) is 19.2 Å². The molecular weight excluding hydrogens is 644 g/mol. The van der Waals surface area contributed by atoms with E-state index in [9.17, 15) is 19.2 Å². The highest BCUT2D eigenvalue weighted by Gasteiger charge is 2.68. The number of hydrogen-bond donors (Lipinski definition) is 2. The molecule has 2 bridgehead atoms. The summed E-state index contributed by atoms with van der Waals surface area (Å²) < 4.78 is 0.833. The van der Waals surface area contributed by atoms with Gasteiger partial charge < -0.3 is 5.32 Å². The molecule has 1 saturated heterocycles. The molecule has 4 aliphatic rings. The molecule has 1 aliphatic heterocycles. The third-order valence-corrected chi connectivity index (χ3v) is 9.97. The molecule has 1 heterocycles. The second-order valence-corrected chi connectivity index (χ2v) is 12.9. The molecule has 4 aromatic carbocycles. The fourth-order valence-corrected chi connectivity index (χ4v) is 7.73. The number of halogens is 1. The van der Waals surface area contributed by atoms with Crippen LogP contribution in [0.15, 0.2) is 107 Å². The largest absolute Gasteiger partial charge is 0.329 e. The number of amides is 4. The number of hydrogen-bond acceptors (Lipinski definition) is 5. The molecule has 4 amide bonds. The zero-order valence-electron chi connectivity index (χ0n) is 25.1. The fourth-order valence-electron chi connectivity index (χ4n) is 7.46. The van der Waals surface area contributed by atoms with Crippen molar-refractivity contribution < 1.29 is 19.2 Å². The Morgan fingerprint density at radius 3 is 2.11 bits per heavy atom. The zero-order valence-corrected chi connectivity index (χ0v) is 26.7. The Balaban J connectivity index is 1.23. The Hall–Kier alpha value is -4.89. The Bertz CT molecular complexity index is 1860. The SMILES string of the molecule is CCCCc1ccc(NC(=O)C(=O)N/N=C\C23c4ccccc4C(c4ccccc42)[C@H]2C(=O)N(c4ccc(Br)cc4)C(=O)[C@H]23)cc1. The number of hydrazone groups is 1. The summed E-state index contributed by atoms with van der Waals surface area (Å²) in [5.74, 6) is -4.22. The molecule has 0 saturated carbocycles. The van der Waals surface area contributed by atoms with E-state index in [0.717, 1.165) is 51.6 Å². The van der Waals surface area contributed by atoms with Crippen LogP contribution < -0.4 is 15.6 Å². The molecule has 0 unspecified atom stereocenters. The minimum absolute atomic E-state index is 0.270. The summed E-state index contributed by atoms with van der Waals surface area (Å²) in [5, 5.41) is 6.95. The topological polar surface area (TPSA) is 108 Å². The first kappa shape index (κ1) is 29.8. The Morgan fingerprint density at radius 2 is 1.48 bits per heavy atom. The number of unbranched alkanes of at least 4 members (excludes halogenated alkanes) is 1. The maximum Gasteiger partial charge on any atom is 0.329 e. The van der Waals surface area contributed by atoms with Crippen molar-refractivity contribution in [2.45, 2.75) is 37.5 Å². The van der Waals surface area contributed by atoms with Crippen molar-refractivity contribution in [2.75, 3.05) is 10.2 Å². The zero-order chi connectivity index (χ0) is 32.0. The average molecular weight is 676 g/mol. The highest BCUT2D eigenvalue weighted by Crippen LogP contribution is 2.63. The van der Waals surface area contributed by atoms with E-state index in [0.29, 0.717) is 11.4 Å². The number of nitrogens with zero attached hydrogens (tertiary/aromatic N) is 2. The monoisotopic (exact) mass is 674 g/mol. The molecule has 0 radical (unpaired) electrons. The van der Waals surface area contributed by atoms with Crippen LogP contribution in [-0.4, -0.2) is 29.8 Å². The van der Waals surface area contributed by atoms with Gasteiger partial charge in [-0.15, -0.1) is 0 Å². The average Bonchev–Trinajstić information content (AvgIpc) is 3.35.